The van der Waals surface area contributed by atoms with Gasteiger partial charge in [0.05, 0.1) is 6.04 Å². The summed E-state index contributed by atoms with van der Waals surface area (Å²) in [5.41, 5.74) is 0.945. The molecular formula is C20H22ClNO4. The predicted molar refractivity (Wildman–Crippen MR) is 100 cm³/mol. The quantitative estimate of drug-likeness (QED) is 0.824. The molecule has 2 atom stereocenters. The van der Waals surface area contributed by atoms with Crippen molar-refractivity contribution in [2.75, 3.05) is 13.2 Å². The fourth-order valence-electron chi connectivity index (χ4n) is 2.75. The molecule has 0 unspecified atom stereocenters. The van der Waals surface area contributed by atoms with E-state index in [1.165, 1.54) is 0 Å². The Morgan fingerprint density at radius 1 is 1.19 bits per heavy atom. The second kappa shape index (κ2) is 8.32. The molecule has 0 aliphatic carbocycles. The minimum Gasteiger partial charge on any atom is -0.486 e. The summed E-state index contributed by atoms with van der Waals surface area (Å²) in [7, 11) is 0. The monoisotopic (exact) mass is 375 g/mol. The van der Waals surface area contributed by atoms with Crippen molar-refractivity contribution in [1.82, 2.24) is 5.32 Å². The number of hydrogen-bond acceptors (Lipinski definition) is 4. The van der Waals surface area contributed by atoms with Gasteiger partial charge in [-0.1, -0.05) is 30.7 Å². The summed E-state index contributed by atoms with van der Waals surface area (Å²) in [4.78, 5) is 12.6. The molecule has 1 amide bonds. The lowest BCUT2D eigenvalue weighted by Gasteiger charge is -2.23. The zero-order chi connectivity index (χ0) is 18.5. The van der Waals surface area contributed by atoms with Gasteiger partial charge in [0.2, 0.25) is 0 Å². The molecule has 1 aliphatic heterocycles. The molecule has 0 fully saturated rings. The van der Waals surface area contributed by atoms with E-state index < -0.39 is 6.10 Å². The summed E-state index contributed by atoms with van der Waals surface area (Å²) in [6, 6.07) is 12.5. The van der Waals surface area contributed by atoms with Gasteiger partial charge < -0.3 is 19.5 Å². The van der Waals surface area contributed by atoms with Gasteiger partial charge >= 0.3 is 0 Å². The third kappa shape index (κ3) is 4.41. The van der Waals surface area contributed by atoms with Gasteiger partial charge in [0.1, 0.15) is 19.0 Å². The Labute approximate surface area is 158 Å². The first kappa shape index (κ1) is 18.4. The van der Waals surface area contributed by atoms with Crippen molar-refractivity contribution in [2.24, 2.45) is 0 Å². The highest BCUT2D eigenvalue weighted by atomic mass is 35.5. The molecule has 0 saturated heterocycles. The van der Waals surface area contributed by atoms with Crippen LogP contribution in [-0.2, 0) is 4.79 Å². The van der Waals surface area contributed by atoms with Crippen LogP contribution in [0.3, 0.4) is 0 Å². The van der Waals surface area contributed by atoms with Crippen molar-refractivity contribution in [3.63, 3.8) is 0 Å². The van der Waals surface area contributed by atoms with Crippen LogP contribution >= 0.6 is 11.6 Å². The van der Waals surface area contributed by atoms with Crippen LogP contribution in [-0.4, -0.2) is 25.2 Å². The summed E-state index contributed by atoms with van der Waals surface area (Å²) < 4.78 is 16.9. The Balaban J connectivity index is 1.65. The molecule has 138 valence electrons. The number of hydrogen-bond donors (Lipinski definition) is 1. The van der Waals surface area contributed by atoms with Gasteiger partial charge in [-0.15, -0.1) is 0 Å². The van der Waals surface area contributed by atoms with Gasteiger partial charge in [-0.3, -0.25) is 4.79 Å². The molecule has 0 bridgehead atoms. The standard InChI is InChI=1S/C20H22ClNO4/c1-3-17(26-16-6-4-5-15(21)12-16)20(23)22-13(2)14-7-8-18-19(11-14)25-10-9-24-18/h4-8,11-13,17H,3,9-10H2,1-2H3,(H,22,23)/t13-,17+/m1/s1. The molecule has 2 aromatic rings. The maximum Gasteiger partial charge on any atom is 0.261 e. The van der Waals surface area contributed by atoms with Crippen LogP contribution in [0.25, 0.3) is 0 Å². The molecule has 0 radical (unpaired) electrons. The lowest BCUT2D eigenvalue weighted by molar-refractivity contribution is -0.128. The Morgan fingerprint density at radius 2 is 1.96 bits per heavy atom. The first-order valence-electron chi connectivity index (χ1n) is 8.69. The number of carbonyl (C=O) groups excluding carboxylic acids is 1. The molecule has 1 N–H and O–H groups in total. The smallest absolute Gasteiger partial charge is 0.261 e. The van der Waals surface area contributed by atoms with Crippen LogP contribution in [0, 0.1) is 0 Å². The molecule has 0 spiro atoms. The van der Waals surface area contributed by atoms with Crippen LogP contribution in [0.15, 0.2) is 42.5 Å². The summed E-state index contributed by atoms with van der Waals surface area (Å²) in [6.45, 7) is 4.92. The molecular weight excluding hydrogens is 354 g/mol. The fraction of sp³-hybridized carbons (Fsp3) is 0.350. The minimum absolute atomic E-state index is 0.171. The normalized spacial score (nSPS) is 15.0. The third-order valence-electron chi connectivity index (χ3n) is 4.16. The Kier molecular flexibility index (Phi) is 5.89. The largest absolute Gasteiger partial charge is 0.486 e. The van der Waals surface area contributed by atoms with Gasteiger partial charge in [-0.2, -0.15) is 0 Å². The SMILES string of the molecule is CC[C@H](Oc1cccc(Cl)c1)C(=O)N[C@H](C)c1ccc2c(c1)OCCO2. The molecule has 0 aromatic heterocycles. The number of halogens is 1. The molecule has 3 rings (SSSR count). The van der Waals surface area contributed by atoms with Crippen LogP contribution in [0.1, 0.15) is 31.9 Å². The van der Waals surface area contributed by atoms with Gasteiger partial charge in [-0.25, -0.2) is 0 Å². The van der Waals surface area contributed by atoms with E-state index in [9.17, 15) is 4.79 Å². The van der Waals surface area contributed by atoms with Crippen molar-refractivity contribution in [1.29, 1.82) is 0 Å². The molecule has 26 heavy (non-hydrogen) atoms. The molecule has 1 heterocycles. The number of rotatable bonds is 6. The van der Waals surface area contributed by atoms with Crippen LogP contribution in [0.2, 0.25) is 5.02 Å². The van der Waals surface area contributed by atoms with Crippen molar-refractivity contribution < 1.29 is 19.0 Å². The lowest BCUT2D eigenvalue weighted by Crippen LogP contribution is -2.39. The number of amides is 1. The predicted octanol–water partition coefficient (Wildman–Crippen LogP) is 4.15. The Bertz CT molecular complexity index is 780. The van der Waals surface area contributed by atoms with Crippen LogP contribution < -0.4 is 19.5 Å². The molecule has 5 nitrogen and oxygen atoms in total. The molecule has 2 aromatic carbocycles. The zero-order valence-corrected chi connectivity index (χ0v) is 15.6. The number of benzene rings is 2. The van der Waals surface area contributed by atoms with E-state index in [4.69, 9.17) is 25.8 Å². The van der Waals surface area contributed by atoms with Gasteiger partial charge in [0, 0.05) is 5.02 Å². The summed E-state index contributed by atoms with van der Waals surface area (Å²) in [5, 5.41) is 3.57. The van der Waals surface area contributed by atoms with E-state index in [0.717, 1.165) is 11.3 Å². The summed E-state index contributed by atoms with van der Waals surface area (Å²) in [6.07, 6.45) is -0.0419. The zero-order valence-electron chi connectivity index (χ0n) is 14.8. The van der Waals surface area contributed by atoms with E-state index >= 15 is 0 Å². The third-order valence-corrected chi connectivity index (χ3v) is 4.40. The first-order chi connectivity index (χ1) is 12.6. The molecule has 6 heteroatoms. The van der Waals surface area contributed by atoms with E-state index in [1.54, 1.807) is 24.3 Å². The van der Waals surface area contributed by atoms with Gasteiger partial charge in [0.15, 0.2) is 17.6 Å². The fourth-order valence-corrected chi connectivity index (χ4v) is 2.93. The van der Waals surface area contributed by atoms with Crippen LogP contribution in [0.4, 0.5) is 0 Å². The maximum atomic E-state index is 12.6. The number of nitrogens with one attached hydrogen (secondary N) is 1. The number of ether oxygens (including phenoxy) is 3. The topological polar surface area (TPSA) is 56.8 Å². The number of carbonyl (C=O) groups is 1. The van der Waals surface area contributed by atoms with E-state index in [0.29, 0.717) is 36.2 Å². The van der Waals surface area contributed by atoms with Crippen molar-refractivity contribution in [3.8, 4) is 17.2 Å². The second-order valence-electron chi connectivity index (χ2n) is 6.11. The first-order valence-corrected chi connectivity index (χ1v) is 9.06. The van der Waals surface area contributed by atoms with E-state index in [-0.39, 0.29) is 11.9 Å². The van der Waals surface area contributed by atoms with Crippen LogP contribution in [0.5, 0.6) is 17.2 Å². The van der Waals surface area contributed by atoms with Crippen molar-refractivity contribution in [2.45, 2.75) is 32.4 Å². The Hall–Kier alpha value is -2.40. The summed E-state index contributed by atoms with van der Waals surface area (Å²) in [5.74, 6) is 1.84. The van der Waals surface area contributed by atoms with Crippen molar-refractivity contribution >= 4 is 17.5 Å². The maximum absolute atomic E-state index is 12.6. The molecule has 0 saturated carbocycles. The van der Waals surface area contributed by atoms with Gasteiger partial charge in [-0.05, 0) is 49.2 Å². The Morgan fingerprint density at radius 3 is 2.69 bits per heavy atom. The van der Waals surface area contributed by atoms with Crippen molar-refractivity contribution in [3.05, 3.63) is 53.1 Å². The minimum atomic E-state index is -0.590. The van der Waals surface area contributed by atoms with E-state index in [2.05, 4.69) is 5.32 Å². The second-order valence-corrected chi connectivity index (χ2v) is 6.54. The highest BCUT2D eigenvalue weighted by Gasteiger charge is 2.22. The highest BCUT2D eigenvalue weighted by Crippen LogP contribution is 2.32. The average Bonchev–Trinajstić information content (AvgIpc) is 2.65. The lowest BCUT2D eigenvalue weighted by atomic mass is 10.1. The van der Waals surface area contributed by atoms with Gasteiger partial charge in [0.25, 0.3) is 5.91 Å². The highest BCUT2D eigenvalue weighted by molar-refractivity contribution is 6.30. The average molecular weight is 376 g/mol. The van der Waals surface area contributed by atoms with E-state index in [1.807, 2.05) is 32.0 Å². The summed E-state index contributed by atoms with van der Waals surface area (Å²) >= 11 is 5.97. The number of fused-ring (bicyclic) bond motifs is 1. The molecule has 1 aliphatic rings.